The molecule has 0 amide bonds. The Balaban J connectivity index is 2.26. The average molecular weight is 374 g/mol. The third-order valence-corrected chi connectivity index (χ3v) is 5.05. The summed E-state index contributed by atoms with van der Waals surface area (Å²) in [5.74, 6) is 0.142. The third-order valence-electron chi connectivity index (χ3n) is 2.43. The Morgan fingerprint density at radius 2 is 2.00 bits per heavy atom. The molecule has 2 aromatic rings. The van der Waals surface area contributed by atoms with Crippen molar-refractivity contribution in [1.82, 2.24) is 0 Å². The predicted molar refractivity (Wildman–Crippen MR) is 78.9 cm³/mol. The Hall–Kier alpha value is -0.450. The molecular weight excluding hydrogens is 364 g/mol. The van der Waals surface area contributed by atoms with E-state index in [1.54, 1.807) is 11.3 Å². The van der Waals surface area contributed by atoms with Gasteiger partial charge in [0.05, 0.1) is 0 Å². The van der Waals surface area contributed by atoms with E-state index in [0.29, 0.717) is 6.42 Å². The van der Waals surface area contributed by atoms with Gasteiger partial charge in [-0.2, -0.15) is 0 Å². The summed E-state index contributed by atoms with van der Waals surface area (Å²) >= 11 is 8.47. The molecule has 0 fully saturated rings. The minimum absolute atomic E-state index is 0.142. The molecule has 1 aromatic heterocycles. The van der Waals surface area contributed by atoms with Crippen LogP contribution in [0.4, 0.5) is 0 Å². The fraction of sp³-hybridized carbons (Fsp3) is 0.154. The van der Waals surface area contributed by atoms with Crippen molar-refractivity contribution in [3.05, 3.63) is 54.6 Å². The Kier molecular flexibility index (Phi) is 4.17. The lowest BCUT2D eigenvalue weighted by Gasteiger charge is -2.04. The molecule has 0 unspecified atom stereocenters. The molecule has 0 saturated carbocycles. The topological polar surface area (TPSA) is 17.1 Å². The number of ketones is 1. The molecule has 0 atom stereocenters. The van der Waals surface area contributed by atoms with E-state index in [1.165, 1.54) is 0 Å². The second kappa shape index (κ2) is 5.46. The van der Waals surface area contributed by atoms with Crippen LogP contribution in [0.3, 0.4) is 0 Å². The van der Waals surface area contributed by atoms with E-state index in [0.717, 1.165) is 24.9 Å². The Labute approximate surface area is 121 Å². The van der Waals surface area contributed by atoms with Crippen molar-refractivity contribution in [1.29, 1.82) is 0 Å². The molecule has 4 heteroatoms. The highest BCUT2D eigenvalue weighted by Crippen LogP contribution is 2.26. The van der Waals surface area contributed by atoms with Crippen molar-refractivity contribution in [3.8, 4) is 0 Å². The molecule has 1 nitrogen and oxygen atoms in total. The number of rotatable bonds is 3. The van der Waals surface area contributed by atoms with Crippen LogP contribution in [0.2, 0.25) is 0 Å². The number of benzene rings is 1. The zero-order valence-electron chi connectivity index (χ0n) is 9.17. The van der Waals surface area contributed by atoms with E-state index in [2.05, 4.69) is 31.9 Å². The van der Waals surface area contributed by atoms with Crippen LogP contribution in [-0.2, 0) is 6.42 Å². The summed E-state index contributed by atoms with van der Waals surface area (Å²) in [4.78, 5) is 13.3. The monoisotopic (exact) mass is 372 g/mol. The first-order chi connectivity index (χ1) is 8.08. The van der Waals surface area contributed by atoms with Crippen molar-refractivity contribution in [2.45, 2.75) is 13.3 Å². The molecular formula is C13H10Br2OS. The van der Waals surface area contributed by atoms with Crippen LogP contribution in [0.15, 0.2) is 38.6 Å². The standard InChI is InChI=1S/C13H10Br2OS/c1-8-2-3-10(14)9(6-8)12(16)7-13-11(15)4-5-17-13/h2-6H,7H2,1H3. The molecule has 1 aromatic carbocycles. The molecule has 0 saturated heterocycles. The fourth-order valence-corrected chi connectivity index (χ4v) is 3.50. The zero-order valence-corrected chi connectivity index (χ0v) is 13.2. The minimum Gasteiger partial charge on any atom is -0.294 e. The highest BCUT2D eigenvalue weighted by atomic mass is 79.9. The van der Waals surface area contributed by atoms with Crippen LogP contribution in [0.5, 0.6) is 0 Å². The molecule has 0 radical (unpaired) electrons. The summed E-state index contributed by atoms with van der Waals surface area (Å²) in [6.07, 6.45) is 0.445. The van der Waals surface area contributed by atoms with Crippen LogP contribution in [0.25, 0.3) is 0 Å². The lowest BCUT2D eigenvalue weighted by atomic mass is 10.1. The molecule has 0 aliphatic rings. The van der Waals surface area contributed by atoms with Crippen LogP contribution in [-0.4, -0.2) is 5.78 Å². The normalized spacial score (nSPS) is 10.5. The Bertz CT molecular complexity index is 560. The van der Waals surface area contributed by atoms with Gasteiger partial charge in [-0.15, -0.1) is 11.3 Å². The number of hydrogen-bond donors (Lipinski definition) is 0. The second-order valence-electron chi connectivity index (χ2n) is 3.77. The predicted octanol–water partition coefficient (Wildman–Crippen LogP) is 5.01. The van der Waals surface area contributed by atoms with Crippen LogP contribution >= 0.6 is 43.2 Å². The largest absolute Gasteiger partial charge is 0.294 e. The lowest BCUT2D eigenvalue weighted by Crippen LogP contribution is -2.04. The fourth-order valence-electron chi connectivity index (χ4n) is 1.55. The van der Waals surface area contributed by atoms with Crippen molar-refractivity contribution < 1.29 is 4.79 Å². The number of halogens is 2. The maximum Gasteiger partial charge on any atom is 0.169 e. The van der Waals surface area contributed by atoms with Crippen molar-refractivity contribution in [3.63, 3.8) is 0 Å². The molecule has 0 bridgehead atoms. The molecule has 17 heavy (non-hydrogen) atoms. The van der Waals surface area contributed by atoms with E-state index in [1.807, 2.05) is 36.6 Å². The third kappa shape index (κ3) is 3.06. The SMILES string of the molecule is Cc1ccc(Br)c(C(=O)Cc2sccc2Br)c1. The highest BCUT2D eigenvalue weighted by molar-refractivity contribution is 9.10. The number of aryl methyl sites for hydroxylation is 1. The average Bonchev–Trinajstić information content (AvgIpc) is 2.68. The summed E-state index contributed by atoms with van der Waals surface area (Å²) in [5, 5.41) is 1.98. The molecule has 0 N–H and O–H groups in total. The first kappa shape index (κ1) is 13.0. The van der Waals surface area contributed by atoms with E-state index >= 15 is 0 Å². The van der Waals surface area contributed by atoms with Gasteiger partial charge in [-0.25, -0.2) is 0 Å². The first-order valence-electron chi connectivity index (χ1n) is 5.09. The quantitative estimate of drug-likeness (QED) is 0.691. The molecule has 1 heterocycles. The maximum atomic E-state index is 12.2. The van der Waals surface area contributed by atoms with E-state index in [-0.39, 0.29) is 5.78 Å². The molecule has 0 spiro atoms. The summed E-state index contributed by atoms with van der Waals surface area (Å²) in [7, 11) is 0. The van der Waals surface area contributed by atoms with Gasteiger partial charge in [0.25, 0.3) is 0 Å². The van der Waals surface area contributed by atoms with Crippen molar-refractivity contribution in [2.24, 2.45) is 0 Å². The molecule has 0 aliphatic carbocycles. The van der Waals surface area contributed by atoms with Gasteiger partial charge in [0.15, 0.2) is 5.78 Å². The van der Waals surface area contributed by atoms with Gasteiger partial charge < -0.3 is 0 Å². The highest BCUT2D eigenvalue weighted by Gasteiger charge is 2.13. The maximum absolute atomic E-state index is 12.2. The van der Waals surface area contributed by atoms with Crippen LogP contribution < -0.4 is 0 Å². The zero-order chi connectivity index (χ0) is 12.4. The summed E-state index contributed by atoms with van der Waals surface area (Å²) in [6.45, 7) is 1.99. The van der Waals surface area contributed by atoms with Crippen molar-refractivity contribution in [2.75, 3.05) is 0 Å². The second-order valence-corrected chi connectivity index (χ2v) is 6.48. The summed E-state index contributed by atoms with van der Waals surface area (Å²) in [6, 6.07) is 7.81. The first-order valence-corrected chi connectivity index (χ1v) is 7.55. The Morgan fingerprint density at radius 3 is 2.65 bits per heavy atom. The number of hydrogen-bond acceptors (Lipinski definition) is 2. The van der Waals surface area contributed by atoms with Crippen molar-refractivity contribution >= 4 is 49.0 Å². The van der Waals surface area contributed by atoms with Gasteiger partial charge in [0.2, 0.25) is 0 Å². The van der Waals surface area contributed by atoms with Crippen LogP contribution in [0.1, 0.15) is 20.8 Å². The van der Waals surface area contributed by atoms with Crippen LogP contribution in [0, 0.1) is 6.92 Å². The number of carbonyl (C=O) groups excluding carboxylic acids is 1. The van der Waals surface area contributed by atoms with Gasteiger partial charge in [-0.1, -0.05) is 27.6 Å². The van der Waals surface area contributed by atoms with Gasteiger partial charge in [0.1, 0.15) is 0 Å². The number of thiophene rings is 1. The van der Waals surface area contributed by atoms with E-state index in [4.69, 9.17) is 0 Å². The molecule has 0 aliphatic heterocycles. The Morgan fingerprint density at radius 1 is 1.24 bits per heavy atom. The number of Topliss-reactive ketones (excluding diaryl/α,β-unsaturated/α-hetero) is 1. The smallest absolute Gasteiger partial charge is 0.169 e. The van der Waals surface area contributed by atoms with Gasteiger partial charge >= 0.3 is 0 Å². The summed E-state index contributed by atoms with van der Waals surface area (Å²) in [5.41, 5.74) is 1.85. The molecule has 88 valence electrons. The van der Waals surface area contributed by atoms with Gasteiger partial charge in [-0.05, 0) is 46.4 Å². The number of carbonyl (C=O) groups is 1. The minimum atomic E-state index is 0.142. The summed E-state index contributed by atoms with van der Waals surface area (Å²) < 4.78 is 1.88. The van der Waals surface area contributed by atoms with E-state index in [9.17, 15) is 4.79 Å². The van der Waals surface area contributed by atoms with Gasteiger partial charge in [0, 0.05) is 25.8 Å². The lowest BCUT2D eigenvalue weighted by molar-refractivity contribution is 0.0993. The van der Waals surface area contributed by atoms with E-state index < -0.39 is 0 Å². The van der Waals surface area contributed by atoms with Gasteiger partial charge in [-0.3, -0.25) is 4.79 Å². The molecule has 2 rings (SSSR count).